The van der Waals surface area contributed by atoms with Crippen LogP contribution in [0.1, 0.15) is 19.0 Å². The Morgan fingerprint density at radius 3 is 2.88 bits per heavy atom. The fourth-order valence-corrected chi connectivity index (χ4v) is 1.89. The zero-order valence-electron chi connectivity index (χ0n) is 9.66. The lowest BCUT2D eigenvalue weighted by Crippen LogP contribution is -2.20. The van der Waals surface area contributed by atoms with Crippen LogP contribution in [0.5, 0.6) is 0 Å². The van der Waals surface area contributed by atoms with E-state index in [-0.39, 0.29) is 11.9 Å². The van der Waals surface area contributed by atoms with E-state index < -0.39 is 16.6 Å². The summed E-state index contributed by atoms with van der Waals surface area (Å²) in [6, 6.07) is 0.0349. The lowest BCUT2D eigenvalue weighted by molar-refractivity contribution is 0.599. The lowest BCUT2D eigenvalue weighted by Gasteiger charge is -2.14. The van der Waals surface area contributed by atoms with Gasteiger partial charge >= 0.3 is 0 Å². The highest BCUT2D eigenvalue weighted by Crippen LogP contribution is 2.13. The van der Waals surface area contributed by atoms with E-state index >= 15 is 0 Å². The summed E-state index contributed by atoms with van der Waals surface area (Å²) in [6.07, 6.45) is 3.69. The minimum absolute atomic E-state index is 0.0349. The first kappa shape index (κ1) is 13.0. The summed E-state index contributed by atoms with van der Waals surface area (Å²) in [5, 5.41) is 2.95. The van der Waals surface area contributed by atoms with E-state index in [0.717, 1.165) is 0 Å². The van der Waals surface area contributed by atoms with Gasteiger partial charge in [0.15, 0.2) is 11.6 Å². The van der Waals surface area contributed by atoms with Gasteiger partial charge < -0.3 is 5.32 Å². The van der Waals surface area contributed by atoms with Gasteiger partial charge in [-0.1, -0.05) is 0 Å². The number of aryl methyl sites for hydroxylation is 1. The van der Waals surface area contributed by atoms with Gasteiger partial charge in [0.2, 0.25) is 0 Å². The van der Waals surface area contributed by atoms with Crippen LogP contribution in [0.2, 0.25) is 0 Å². The number of halogens is 1. The molecule has 1 heterocycles. The van der Waals surface area contributed by atoms with Crippen LogP contribution in [0.4, 0.5) is 10.2 Å². The molecule has 0 amide bonds. The Morgan fingerprint density at radius 2 is 2.25 bits per heavy atom. The Hall–Kier alpha value is -1.04. The van der Waals surface area contributed by atoms with Gasteiger partial charge in [0.1, 0.15) is 6.33 Å². The largest absolute Gasteiger partial charge is 0.365 e. The third kappa shape index (κ3) is 3.84. The molecule has 4 nitrogen and oxygen atoms in total. The maximum absolute atomic E-state index is 13.5. The standard InChI is InChI=1S/C10H16FN3OS/c1-7(4-5-16(3)15)14-10-9(11)8(2)12-6-13-10/h6-7H,4-5H2,1-3H3,(H,12,13,14). The van der Waals surface area contributed by atoms with Crippen molar-refractivity contribution in [3.05, 3.63) is 17.8 Å². The van der Waals surface area contributed by atoms with Crippen molar-refractivity contribution in [3.63, 3.8) is 0 Å². The number of hydrogen-bond acceptors (Lipinski definition) is 4. The SMILES string of the molecule is Cc1ncnc(NC(C)CCS(C)=O)c1F. The van der Waals surface area contributed by atoms with Crippen molar-refractivity contribution < 1.29 is 8.60 Å². The van der Waals surface area contributed by atoms with Gasteiger partial charge in [0.25, 0.3) is 0 Å². The average molecular weight is 245 g/mol. The molecule has 0 radical (unpaired) electrons. The second-order valence-electron chi connectivity index (χ2n) is 3.73. The summed E-state index contributed by atoms with van der Waals surface area (Å²) >= 11 is 0. The fourth-order valence-electron chi connectivity index (χ4n) is 1.21. The zero-order chi connectivity index (χ0) is 12.1. The second-order valence-corrected chi connectivity index (χ2v) is 5.29. The van der Waals surface area contributed by atoms with Gasteiger partial charge in [-0.25, -0.2) is 14.4 Å². The van der Waals surface area contributed by atoms with Crippen LogP contribution < -0.4 is 5.32 Å². The van der Waals surface area contributed by atoms with E-state index in [9.17, 15) is 8.60 Å². The quantitative estimate of drug-likeness (QED) is 0.854. The maximum atomic E-state index is 13.5. The molecule has 16 heavy (non-hydrogen) atoms. The zero-order valence-corrected chi connectivity index (χ0v) is 10.5. The van der Waals surface area contributed by atoms with E-state index in [0.29, 0.717) is 17.9 Å². The predicted molar refractivity (Wildman–Crippen MR) is 63.4 cm³/mol. The van der Waals surface area contributed by atoms with Crippen LogP contribution in [0.3, 0.4) is 0 Å². The molecule has 0 fully saturated rings. The van der Waals surface area contributed by atoms with Gasteiger partial charge in [-0.15, -0.1) is 0 Å². The molecular formula is C10H16FN3OS. The average Bonchev–Trinajstić information content (AvgIpc) is 2.22. The smallest absolute Gasteiger partial charge is 0.186 e. The topological polar surface area (TPSA) is 54.9 Å². The van der Waals surface area contributed by atoms with Gasteiger partial charge in [0.05, 0.1) is 5.69 Å². The number of anilines is 1. The van der Waals surface area contributed by atoms with Crippen molar-refractivity contribution in [2.45, 2.75) is 26.3 Å². The normalized spacial score (nSPS) is 14.5. The van der Waals surface area contributed by atoms with E-state index in [2.05, 4.69) is 15.3 Å². The van der Waals surface area contributed by atoms with Gasteiger partial charge in [-0.3, -0.25) is 4.21 Å². The number of hydrogen-bond donors (Lipinski definition) is 1. The van der Waals surface area contributed by atoms with Crippen LogP contribution in [0.15, 0.2) is 6.33 Å². The highest BCUT2D eigenvalue weighted by Gasteiger charge is 2.10. The first-order valence-corrected chi connectivity index (χ1v) is 6.77. The van der Waals surface area contributed by atoms with Crippen molar-refractivity contribution in [3.8, 4) is 0 Å². The van der Waals surface area contributed by atoms with Crippen molar-refractivity contribution in [2.24, 2.45) is 0 Å². The van der Waals surface area contributed by atoms with E-state index in [1.54, 1.807) is 13.2 Å². The Kier molecular flexibility index (Phi) is 4.79. The molecule has 1 rings (SSSR count). The molecule has 1 aromatic heterocycles. The summed E-state index contributed by atoms with van der Waals surface area (Å²) in [6.45, 7) is 3.50. The minimum Gasteiger partial charge on any atom is -0.365 e. The van der Waals surface area contributed by atoms with Crippen molar-refractivity contribution in [1.29, 1.82) is 0 Å². The third-order valence-electron chi connectivity index (χ3n) is 2.19. The Bertz CT molecular complexity index is 386. The molecule has 0 spiro atoms. The molecule has 90 valence electrons. The van der Waals surface area contributed by atoms with E-state index in [4.69, 9.17) is 0 Å². The summed E-state index contributed by atoms with van der Waals surface area (Å²) < 4.78 is 24.4. The molecule has 2 unspecified atom stereocenters. The van der Waals surface area contributed by atoms with Crippen LogP contribution in [0, 0.1) is 12.7 Å². The van der Waals surface area contributed by atoms with Crippen molar-refractivity contribution in [1.82, 2.24) is 9.97 Å². The fraction of sp³-hybridized carbons (Fsp3) is 0.600. The number of aromatic nitrogens is 2. The van der Waals surface area contributed by atoms with E-state index in [1.165, 1.54) is 6.33 Å². The molecule has 1 aromatic rings. The molecule has 1 N–H and O–H groups in total. The highest BCUT2D eigenvalue weighted by molar-refractivity contribution is 7.84. The lowest BCUT2D eigenvalue weighted by atomic mass is 10.2. The van der Waals surface area contributed by atoms with Gasteiger partial charge in [-0.2, -0.15) is 0 Å². The molecule has 0 aromatic carbocycles. The highest BCUT2D eigenvalue weighted by atomic mass is 32.2. The van der Waals surface area contributed by atoms with Crippen molar-refractivity contribution in [2.75, 3.05) is 17.3 Å². The molecule has 0 aliphatic carbocycles. The molecular weight excluding hydrogens is 229 g/mol. The van der Waals surface area contributed by atoms with Crippen LogP contribution >= 0.6 is 0 Å². The molecule has 0 saturated heterocycles. The van der Waals surface area contributed by atoms with Gasteiger partial charge in [-0.05, 0) is 20.3 Å². The monoisotopic (exact) mass is 245 g/mol. The molecule has 0 bridgehead atoms. The second kappa shape index (κ2) is 5.89. The van der Waals surface area contributed by atoms with Crippen molar-refractivity contribution >= 4 is 16.6 Å². The molecule has 0 saturated carbocycles. The summed E-state index contributed by atoms with van der Waals surface area (Å²) in [5.74, 6) is 0.383. The Labute approximate surface area is 97.2 Å². The molecule has 2 atom stereocenters. The minimum atomic E-state index is -0.820. The Balaban J connectivity index is 2.59. The third-order valence-corrected chi connectivity index (χ3v) is 3.00. The maximum Gasteiger partial charge on any atom is 0.186 e. The first-order chi connectivity index (χ1) is 7.50. The summed E-state index contributed by atoms with van der Waals surface area (Å²) in [4.78, 5) is 7.58. The van der Waals surface area contributed by atoms with Crippen LogP contribution in [-0.4, -0.2) is 32.2 Å². The number of rotatable bonds is 5. The number of nitrogens with zero attached hydrogens (tertiary/aromatic N) is 2. The van der Waals surface area contributed by atoms with Gasteiger partial charge in [0, 0.05) is 28.9 Å². The predicted octanol–water partition coefficient (Wildman–Crippen LogP) is 1.49. The van der Waals surface area contributed by atoms with Crippen LogP contribution in [-0.2, 0) is 10.8 Å². The molecule has 6 heteroatoms. The molecule has 0 aliphatic heterocycles. The Morgan fingerprint density at radius 1 is 1.56 bits per heavy atom. The van der Waals surface area contributed by atoms with Crippen LogP contribution in [0.25, 0.3) is 0 Å². The number of nitrogens with one attached hydrogen (secondary N) is 1. The summed E-state index contributed by atoms with van der Waals surface area (Å²) in [5.41, 5.74) is 0.323. The summed E-state index contributed by atoms with van der Waals surface area (Å²) in [7, 11) is -0.820. The first-order valence-electron chi connectivity index (χ1n) is 5.04. The van der Waals surface area contributed by atoms with E-state index in [1.807, 2.05) is 6.92 Å². The molecule has 0 aliphatic rings.